The molecule has 2 N–H and O–H groups in total. The van der Waals surface area contributed by atoms with Crippen LogP contribution in [0.25, 0.3) is 5.52 Å². The van der Waals surface area contributed by atoms with E-state index in [4.69, 9.17) is 0 Å². The molecule has 0 aromatic carbocycles. The molecule has 2 amide bonds. The summed E-state index contributed by atoms with van der Waals surface area (Å²) in [6, 6.07) is 9.09. The van der Waals surface area contributed by atoms with Gasteiger partial charge in [-0.15, -0.1) is 0 Å². The number of nitrogens with one attached hydrogen (secondary N) is 2. The molecule has 0 aliphatic rings. The van der Waals surface area contributed by atoms with Crippen LogP contribution in [0.2, 0.25) is 0 Å². The zero-order valence-electron chi connectivity index (χ0n) is 15.5. The van der Waals surface area contributed by atoms with Gasteiger partial charge in [-0.1, -0.05) is 26.0 Å². The van der Waals surface area contributed by atoms with Gasteiger partial charge in [0.1, 0.15) is 0 Å². The van der Waals surface area contributed by atoms with Crippen molar-refractivity contribution in [3.8, 4) is 0 Å². The first kappa shape index (κ1) is 18.6. The molecule has 0 saturated carbocycles. The lowest BCUT2D eigenvalue weighted by atomic mass is 10.1. The van der Waals surface area contributed by atoms with Crippen molar-refractivity contribution < 1.29 is 9.59 Å². The van der Waals surface area contributed by atoms with Gasteiger partial charge in [-0.05, 0) is 36.1 Å². The first-order valence-electron chi connectivity index (χ1n) is 8.98. The SMILES string of the molecule is CC(C)CCNC(=O)c1nc(C(=O)NCc2cccnc2)n2ccccc12. The highest BCUT2D eigenvalue weighted by Gasteiger charge is 2.21. The fourth-order valence-electron chi connectivity index (χ4n) is 2.69. The second-order valence-corrected chi connectivity index (χ2v) is 6.72. The quantitative estimate of drug-likeness (QED) is 0.673. The third-order valence-corrected chi connectivity index (χ3v) is 4.15. The third kappa shape index (κ3) is 4.49. The standard InChI is InChI=1S/C20H23N5O2/c1-14(2)8-10-22-19(26)17-16-7-3-4-11-25(16)18(24-17)20(27)23-13-15-6-5-9-21-12-15/h3-7,9,11-12,14H,8,10,13H2,1-2H3,(H,22,26)(H,23,27). The van der Waals surface area contributed by atoms with Gasteiger partial charge in [0.2, 0.25) is 5.82 Å². The molecule has 3 aromatic heterocycles. The Kier molecular flexibility index (Phi) is 5.80. The molecular formula is C20H23N5O2. The molecule has 0 atom stereocenters. The van der Waals surface area contributed by atoms with Crippen molar-refractivity contribution in [2.75, 3.05) is 6.54 Å². The molecule has 0 unspecified atom stereocenters. The van der Waals surface area contributed by atoms with Crippen molar-refractivity contribution in [3.05, 3.63) is 66.0 Å². The largest absolute Gasteiger partial charge is 0.351 e. The Morgan fingerprint density at radius 3 is 2.70 bits per heavy atom. The van der Waals surface area contributed by atoms with Crippen molar-refractivity contribution in [1.82, 2.24) is 25.0 Å². The number of hydrogen-bond donors (Lipinski definition) is 2. The van der Waals surface area contributed by atoms with E-state index >= 15 is 0 Å². The highest BCUT2D eigenvalue weighted by atomic mass is 16.2. The van der Waals surface area contributed by atoms with E-state index in [0.29, 0.717) is 24.5 Å². The normalized spacial score (nSPS) is 10.9. The molecule has 140 valence electrons. The summed E-state index contributed by atoms with van der Waals surface area (Å²) in [4.78, 5) is 33.5. The molecular weight excluding hydrogens is 342 g/mol. The van der Waals surface area contributed by atoms with Crippen LogP contribution in [0.4, 0.5) is 0 Å². The summed E-state index contributed by atoms with van der Waals surface area (Å²) in [5.74, 6) is 0.0632. The first-order valence-corrected chi connectivity index (χ1v) is 8.98. The van der Waals surface area contributed by atoms with Gasteiger partial charge in [-0.2, -0.15) is 0 Å². The maximum Gasteiger partial charge on any atom is 0.287 e. The average Bonchev–Trinajstić information content (AvgIpc) is 3.06. The summed E-state index contributed by atoms with van der Waals surface area (Å²) in [5, 5.41) is 5.70. The van der Waals surface area contributed by atoms with E-state index in [-0.39, 0.29) is 23.3 Å². The molecule has 0 spiro atoms. The zero-order valence-corrected chi connectivity index (χ0v) is 15.5. The van der Waals surface area contributed by atoms with E-state index in [9.17, 15) is 9.59 Å². The van der Waals surface area contributed by atoms with Gasteiger partial charge in [-0.25, -0.2) is 4.98 Å². The number of hydrogen-bond acceptors (Lipinski definition) is 4. The number of rotatable bonds is 7. The number of carbonyl (C=O) groups is 2. The predicted octanol–water partition coefficient (Wildman–Crippen LogP) is 2.44. The molecule has 0 radical (unpaired) electrons. The van der Waals surface area contributed by atoms with E-state index in [1.54, 1.807) is 35.1 Å². The van der Waals surface area contributed by atoms with Gasteiger partial charge in [0.25, 0.3) is 11.8 Å². The second-order valence-electron chi connectivity index (χ2n) is 6.72. The van der Waals surface area contributed by atoms with Gasteiger partial charge in [0.15, 0.2) is 5.69 Å². The molecule has 3 heterocycles. The Hall–Kier alpha value is -3.22. The van der Waals surface area contributed by atoms with E-state index in [0.717, 1.165) is 12.0 Å². The molecule has 3 aromatic rings. The van der Waals surface area contributed by atoms with Crippen molar-refractivity contribution in [1.29, 1.82) is 0 Å². The number of fused-ring (bicyclic) bond motifs is 1. The molecule has 3 rings (SSSR count). The van der Waals surface area contributed by atoms with Crippen LogP contribution < -0.4 is 10.6 Å². The van der Waals surface area contributed by atoms with Crippen molar-refractivity contribution in [3.63, 3.8) is 0 Å². The lowest BCUT2D eigenvalue weighted by Gasteiger charge is -2.05. The van der Waals surface area contributed by atoms with Crippen molar-refractivity contribution in [2.45, 2.75) is 26.8 Å². The van der Waals surface area contributed by atoms with Crippen LogP contribution >= 0.6 is 0 Å². The topological polar surface area (TPSA) is 88.4 Å². The van der Waals surface area contributed by atoms with E-state index in [1.165, 1.54) is 0 Å². The van der Waals surface area contributed by atoms with Crippen LogP contribution in [-0.4, -0.2) is 32.7 Å². The number of amides is 2. The Morgan fingerprint density at radius 1 is 1.11 bits per heavy atom. The number of carbonyl (C=O) groups excluding carboxylic acids is 2. The van der Waals surface area contributed by atoms with Gasteiger partial charge in [0, 0.05) is 31.7 Å². The minimum absolute atomic E-state index is 0.184. The number of aromatic nitrogens is 3. The summed E-state index contributed by atoms with van der Waals surface area (Å²) in [6.45, 7) is 5.11. The predicted molar refractivity (Wildman–Crippen MR) is 102 cm³/mol. The Morgan fingerprint density at radius 2 is 1.96 bits per heavy atom. The van der Waals surface area contributed by atoms with Crippen LogP contribution in [-0.2, 0) is 6.54 Å². The summed E-state index contributed by atoms with van der Waals surface area (Å²) < 4.78 is 1.63. The van der Waals surface area contributed by atoms with E-state index in [2.05, 4.69) is 34.4 Å². The summed E-state index contributed by atoms with van der Waals surface area (Å²) in [5.41, 5.74) is 1.75. The fourth-order valence-corrected chi connectivity index (χ4v) is 2.69. The van der Waals surface area contributed by atoms with Gasteiger partial charge in [-0.3, -0.25) is 19.0 Å². The zero-order chi connectivity index (χ0) is 19.2. The van der Waals surface area contributed by atoms with Crippen molar-refractivity contribution in [2.24, 2.45) is 5.92 Å². The van der Waals surface area contributed by atoms with Gasteiger partial charge >= 0.3 is 0 Å². The summed E-state index contributed by atoms with van der Waals surface area (Å²) >= 11 is 0. The van der Waals surface area contributed by atoms with Crippen LogP contribution in [0.5, 0.6) is 0 Å². The lowest BCUT2D eigenvalue weighted by Crippen LogP contribution is -2.27. The van der Waals surface area contributed by atoms with Gasteiger partial charge in [0.05, 0.1) is 5.52 Å². The highest BCUT2D eigenvalue weighted by molar-refractivity contribution is 6.02. The minimum atomic E-state index is -0.346. The average molecular weight is 365 g/mol. The van der Waals surface area contributed by atoms with Crippen molar-refractivity contribution >= 4 is 17.3 Å². The van der Waals surface area contributed by atoms with Crippen LogP contribution in [0.15, 0.2) is 48.9 Å². The van der Waals surface area contributed by atoms with E-state index < -0.39 is 0 Å². The van der Waals surface area contributed by atoms with Crippen LogP contribution in [0.3, 0.4) is 0 Å². The maximum absolute atomic E-state index is 12.6. The third-order valence-electron chi connectivity index (χ3n) is 4.15. The minimum Gasteiger partial charge on any atom is -0.351 e. The van der Waals surface area contributed by atoms with Crippen LogP contribution in [0, 0.1) is 5.92 Å². The molecule has 0 aliphatic heterocycles. The summed E-state index contributed by atoms with van der Waals surface area (Å²) in [6.07, 6.45) is 5.98. The lowest BCUT2D eigenvalue weighted by molar-refractivity contribution is 0.0939. The molecule has 7 nitrogen and oxygen atoms in total. The molecule has 0 fully saturated rings. The number of imidazole rings is 1. The first-order chi connectivity index (χ1) is 13.1. The number of pyridine rings is 2. The smallest absolute Gasteiger partial charge is 0.287 e. The second kappa shape index (κ2) is 8.44. The Labute approximate surface area is 157 Å². The van der Waals surface area contributed by atoms with Crippen LogP contribution in [0.1, 0.15) is 46.9 Å². The number of nitrogens with zero attached hydrogens (tertiary/aromatic N) is 3. The summed E-state index contributed by atoms with van der Waals surface area (Å²) in [7, 11) is 0. The van der Waals surface area contributed by atoms with Gasteiger partial charge < -0.3 is 10.6 Å². The fraction of sp³-hybridized carbons (Fsp3) is 0.300. The monoisotopic (exact) mass is 365 g/mol. The molecule has 0 bridgehead atoms. The Bertz CT molecular complexity index is 934. The molecule has 27 heavy (non-hydrogen) atoms. The molecule has 0 saturated heterocycles. The Balaban J connectivity index is 1.79. The van der Waals surface area contributed by atoms with E-state index in [1.807, 2.05) is 18.2 Å². The molecule has 0 aliphatic carbocycles. The molecule has 7 heteroatoms. The highest BCUT2D eigenvalue weighted by Crippen LogP contribution is 2.13. The maximum atomic E-state index is 12.6.